The molecule has 2 nitrogen and oxygen atoms in total. The maximum Gasteiger partial charge on any atom is 0.145 e. The molecule has 0 saturated heterocycles. The van der Waals surface area contributed by atoms with Crippen LogP contribution in [-0.4, -0.2) is 5.11 Å². The molecule has 20 heavy (non-hydrogen) atoms. The minimum atomic E-state index is -0.585. The summed E-state index contributed by atoms with van der Waals surface area (Å²) in [5.74, 6) is 0.289. The van der Waals surface area contributed by atoms with Gasteiger partial charge in [-0.05, 0) is 46.6 Å². The number of benzene rings is 2. The van der Waals surface area contributed by atoms with Crippen molar-refractivity contribution in [2.45, 2.75) is 13.0 Å². The SMILES string of the molecule is CC(O)c1ccc(Oc2cc(F)c(Cl)cc2Br)cc1Br. The second kappa shape index (κ2) is 6.43. The van der Waals surface area contributed by atoms with E-state index in [1.807, 2.05) is 0 Å². The Bertz CT molecular complexity index is 647. The van der Waals surface area contributed by atoms with Crippen molar-refractivity contribution in [2.24, 2.45) is 0 Å². The van der Waals surface area contributed by atoms with Crippen LogP contribution in [0.5, 0.6) is 11.5 Å². The lowest BCUT2D eigenvalue weighted by Gasteiger charge is -2.12. The van der Waals surface area contributed by atoms with Gasteiger partial charge < -0.3 is 9.84 Å². The van der Waals surface area contributed by atoms with Crippen molar-refractivity contribution in [1.29, 1.82) is 0 Å². The molecule has 0 heterocycles. The van der Waals surface area contributed by atoms with Crippen LogP contribution in [0.2, 0.25) is 5.02 Å². The molecule has 0 aliphatic rings. The average molecular weight is 424 g/mol. The van der Waals surface area contributed by atoms with Gasteiger partial charge in [0.2, 0.25) is 0 Å². The van der Waals surface area contributed by atoms with Crippen LogP contribution >= 0.6 is 43.5 Å². The molecule has 0 bridgehead atoms. The highest BCUT2D eigenvalue weighted by atomic mass is 79.9. The Balaban J connectivity index is 2.31. The molecular weight excluding hydrogens is 414 g/mol. The molecule has 1 atom stereocenters. The fourth-order valence-corrected chi connectivity index (χ4v) is 3.03. The van der Waals surface area contributed by atoms with Crippen molar-refractivity contribution < 1.29 is 14.2 Å². The smallest absolute Gasteiger partial charge is 0.145 e. The summed E-state index contributed by atoms with van der Waals surface area (Å²) in [5.41, 5.74) is 0.749. The van der Waals surface area contributed by atoms with E-state index >= 15 is 0 Å². The third-order valence-electron chi connectivity index (χ3n) is 2.62. The van der Waals surface area contributed by atoms with Gasteiger partial charge in [-0.25, -0.2) is 4.39 Å². The van der Waals surface area contributed by atoms with E-state index in [9.17, 15) is 9.50 Å². The van der Waals surface area contributed by atoms with Crippen molar-refractivity contribution in [1.82, 2.24) is 0 Å². The molecule has 0 fully saturated rings. The Morgan fingerprint density at radius 3 is 2.50 bits per heavy atom. The molecule has 0 aliphatic heterocycles. The average Bonchev–Trinajstić information content (AvgIpc) is 2.35. The highest BCUT2D eigenvalue weighted by molar-refractivity contribution is 9.10. The normalized spacial score (nSPS) is 12.3. The van der Waals surface area contributed by atoms with E-state index in [1.54, 1.807) is 25.1 Å². The lowest BCUT2D eigenvalue weighted by molar-refractivity contribution is 0.198. The summed E-state index contributed by atoms with van der Waals surface area (Å²) in [5, 5.41) is 9.58. The molecular formula is C14H10Br2ClFO2. The predicted octanol–water partition coefficient (Wildman–Crippen LogP) is 5.85. The van der Waals surface area contributed by atoms with E-state index in [0.717, 1.165) is 10.0 Å². The van der Waals surface area contributed by atoms with Crippen LogP contribution in [0.15, 0.2) is 39.3 Å². The monoisotopic (exact) mass is 422 g/mol. The van der Waals surface area contributed by atoms with E-state index in [4.69, 9.17) is 16.3 Å². The van der Waals surface area contributed by atoms with E-state index in [-0.39, 0.29) is 5.02 Å². The maximum atomic E-state index is 13.4. The number of hydrogen-bond acceptors (Lipinski definition) is 2. The Hall–Kier alpha value is -0.620. The Morgan fingerprint density at radius 2 is 1.90 bits per heavy atom. The van der Waals surface area contributed by atoms with Crippen LogP contribution < -0.4 is 4.74 Å². The number of aliphatic hydroxyl groups excluding tert-OH is 1. The van der Waals surface area contributed by atoms with Crippen molar-refractivity contribution in [3.8, 4) is 11.5 Å². The molecule has 0 amide bonds. The summed E-state index contributed by atoms with van der Waals surface area (Å²) in [6.07, 6.45) is -0.585. The lowest BCUT2D eigenvalue weighted by atomic mass is 10.1. The lowest BCUT2D eigenvalue weighted by Crippen LogP contribution is -1.94. The van der Waals surface area contributed by atoms with Crippen molar-refractivity contribution in [2.75, 3.05) is 0 Å². The van der Waals surface area contributed by atoms with Crippen LogP contribution in [0, 0.1) is 5.82 Å². The molecule has 1 unspecified atom stereocenters. The number of halogens is 4. The fourth-order valence-electron chi connectivity index (χ4n) is 1.62. The first-order valence-electron chi connectivity index (χ1n) is 5.68. The molecule has 0 aromatic heterocycles. The second-order valence-electron chi connectivity index (χ2n) is 4.16. The van der Waals surface area contributed by atoms with Gasteiger partial charge in [0.1, 0.15) is 17.3 Å². The van der Waals surface area contributed by atoms with Gasteiger partial charge in [-0.1, -0.05) is 33.6 Å². The minimum absolute atomic E-state index is 0.0230. The van der Waals surface area contributed by atoms with Crippen molar-refractivity contribution in [3.63, 3.8) is 0 Å². The van der Waals surface area contributed by atoms with Gasteiger partial charge in [0, 0.05) is 10.5 Å². The van der Waals surface area contributed by atoms with E-state index in [2.05, 4.69) is 31.9 Å². The van der Waals surface area contributed by atoms with E-state index in [1.165, 1.54) is 12.1 Å². The quantitative estimate of drug-likeness (QED) is 0.627. The molecule has 0 aliphatic carbocycles. The van der Waals surface area contributed by atoms with E-state index in [0.29, 0.717) is 16.0 Å². The molecule has 0 radical (unpaired) electrons. The van der Waals surface area contributed by atoms with Crippen LogP contribution in [0.25, 0.3) is 0 Å². The first-order chi connectivity index (χ1) is 9.38. The van der Waals surface area contributed by atoms with Gasteiger partial charge in [-0.15, -0.1) is 0 Å². The van der Waals surface area contributed by atoms with Crippen LogP contribution in [0.1, 0.15) is 18.6 Å². The van der Waals surface area contributed by atoms with Crippen LogP contribution in [0.3, 0.4) is 0 Å². The summed E-state index contributed by atoms with van der Waals surface area (Å²) >= 11 is 12.3. The molecule has 106 valence electrons. The number of hydrogen-bond donors (Lipinski definition) is 1. The number of aliphatic hydroxyl groups is 1. The van der Waals surface area contributed by atoms with Gasteiger partial charge in [0.05, 0.1) is 15.6 Å². The molecule has 2 rings (SSSR count). The first kappa shape index (κ1) is 15.8. The fraction of sp³-hybridized carbons (Fsp3) is 0.143. The molecule has 0 spiro atoms. The Morgan fingerprint density at radius 1 is 1.20 bits per heavy atom. The van der Waals surface area contributed by atoms with Gasteiger partial charge in [-0.3, -0.25) is 0 Å². The summed E-state index contributed by atoms with van der Waals surface area (Å²) in [6, 6.07) is 7.80. The minimum Gasteiger partial charge on any atom is -0.456 e. The zero-order chi connectivity index (χ0) is 14.9. The first-order valence-corrected chi connectivity index (χ1v) is 7.65. The maximum absolute atomic E-state index is 13.4. The van der Waals surface area contributed by atoms with Gasteiger partial charge >= 0.3 is 0 Å². The zero-order valence-electron chi connectivity index (χ0n) is 10.3. The Labute approximate surface area is 137 Å². The number of ether oxygens (including phenoxy) is 1. The number of rotatable bonds is 3. The zero-order valence-corrected chi connectivity index (χ0v) is 14.3. The standard InChI is InChI=1S/C14H10Br2ClFO2/c1-7(19)9-3-2-8(4-10(9)15)20-14-6-13(18)12(17)5-11(14)16/h2-7,19H,1H3. The predicted molar refractivity (Wildman–Crippen MR) is 84.0 cm³/mol. The van der Waals surface area contributed by atoms with E-state index < -0.39 is 11.9 Å². The summed E-state index contributed by atoms with van der Waals surface area (Å²) in [7, 11) is 0. The van der Waals surface area contributed by atoms with Gasteiger partial charge in [0.15, 0.2) is 0 Å². The van der Waals surface area contributed by atoms with Gasteiger partial charge in [-0.2, -0.15) is 0 Å². The molecule has 1 N–H and O–H groups in total. The van der Waals surface area contributed by atoms with Crippen LogP contribution in [0.4, 0.5) is 4.39 Å². The molecule has 2 aromatic carbocycles. The highest BCUT2D eigenvalue weighted by Crippen LogP contribution is 2.35. The summed E-state index contributed by atoms with van der Waals surface area (Å²) < 4.78 is 20.3. The largest absolute Gasteiger partial charge is 0.456 e. The third kappa shape index (κ3) is 3.52. The second-order valence-corrected chi connectivity index (χ2v) is 6.27. The Kier molecular flexibility index (Phi) is 5.07. The molecule has 2 aromatic rings. The third-order valence-corrected chi connectivity index (χ3v) is 4.22. The summed E-state index contributed by atoms with van der Waals surface area (Å²) in [6.45, 7) is 1.67. The summed E-state index contributed by atoms with van der Waals surface area (Å²) in [4.78, 5) is 0. The van der Waals surface area contributed by atoms with Crippen LogP contribution in [-0.2, 0) is 0 Å². The van der Waals surface area contributed by atoms with Crippen molar-refractivity contribution in [3.05, 3.63) is 55.7 Å². The molecule has 0 saturated carbocycles. The highest BCUT2D eigenvalue weighted by Gasteiger charge is 2.11. The van der Waals surface area contributed by atoms with Gasteiger partial charge in [0.25, 0.3) is 0 Å². The molecule has 6 heteroatoms. The van der Waals surface area contributed by atoms with Crippen molar-refractivity contribution >= 4 is 43.5 Å². The topological polar surface area (TPSA) is 29.5 Å².